The standard InChI is InChI=1S/C12H22O2S/c1-6-11(12(13)14-5)7-8-15-10(4)9(2)3/h7,9-10H,6,8H2,1-5H3. The fourth-order valence-corrected chi connectivity index (χ4v) is 1.98. The number of hydrogen-bond donors (Lipinski definition) is 0. The van der Waals surface area contributed by atoms with Gasteiger partial charge in [0.15, 0.2) is 0 Å². The first kappa shape index (κ1) is 14.6. The molecular weight excluding hydrogens is 208 g/mol. The number of thioether (sulfide) groups is 1. The number of esters is 1. The topological polar surface area (TPSA) is 26.3 Å². The van der Waals surface area contributed by atoms with Crippen LogP contribution < -0.4 is 0 Å². The third-order valence-electron chi connectivity index (χ3n) is 2.46. The van der Waals surface area contributed by atoms with E-state index >= 15 is 0 Å². The molecule has 88 valence electrons. The van der Waals surface area contributed by atoms with E-state index in [-0.39, 0.29) is 5.97 Å². The third kappa shape index (κ3) is 5.88. The van der Waals surface area contributed by atoms with Crippen molar-refractivity contribution in [3.8, 4) is 0 Å². The molecule has 2 nitrogen and oxygen atoms in total. The first-order valence-corrected chi connectivity index (χ1v) is 6.46. The lowest BCUT2D eigenvalue weighted by Gasteiger charge is -2.13. The molecule has 0 aliphatic carbocycles. The molecule has 0 aliphatic heterocycles. The molecule has 0 aromatic carbocycles. The van der Waals surface area contributed by atoms with Gasteiger partial charge in [-0.3, -0.25) is 0 Å². The minimum Gasteiger partial charge on any atom is -0.466 e. The summed E-state index contributed by atoms with van der Waals surface area (Å²) in [5.41, 5.74) is 0.779. The van der Waals surface area contributed by atoms with Gasteiger partial charge in [-0.1, -0.05) is 33.8 Å². The summed E-state index contributed by atoms with van der Waals surface area (Å²) in [6.45, 7) is 8.61. The van der Waals surface area contributed by atoms with Gasteiger partial charge in [-0.15, -0.1) is 0 Å². The molecule has 15 heavy (non-hydrogen) atoms. The summed E-state index contributed by atoms with van der Waals surface area (Å²) < 4.78 is 4.69. The second kappa shape index (κ2) is 7.80. The predicted octanol–water partition coefficient (Wildman–Crippen LogP) is 3.27. The van der Waals surface area contributed by atoms with Crippen LogP contribution in [0.4, 0.5) is 0 Å². The quantitative estimate of drug-likeness (QED) is 0.517. The molecule has 1 atom stereocenters. The Balaban J connectivity index is 4.07. The van der Waals surface area contributed by atoms with Crippen LogP contribution in [0.1, 0.15) is 34.1 Å². The fraction of sp³-hybridized carbons (Fsp3) is 0.750. The second-order valence-corrected chi connectivity index (χ2v) is 5.27. The van der Waals surface area contributed by atoms with Crippen LogP contribution in [-0.4, -0.2) is 24.1 Å². The van der Waals surface area contributed by atoms with Crippen LogP contribution in [0.5, 0.6) is 0 Å². The number of carbonyl (C=O) groups is 1. The van der Waals surface area contributed by atoms with Crippen molar-refractivity contribution in [3.63, 3.8) is 0 Å². The van der Waals surface area contributed by atoms with Gasteiger partial charge in [0.2, 0.25) is 0 Å². The monoisotopic (exact) mass is 230 g/mol. The van der Waals surface area contributed by atoms with Crippen LogP contribution in [-0.2, 0) is 9.53 Å². The van der Waals surface area contributed by atoms with Gasteiger partial charge in [0.1, 0.15) is 0 Å². The Labute approximate surface area is 97.5 Å². The van der Waals surface area contributed by atoms with E-state index in [2.05, 4.69) is 20.8 Å². The Kier molecular flexibility index (Phi) is 7.57. The molecule has 0 amide bonds. The van der Waals surface area contributed by atoms with Gasteiger partial charge in [0.25, 0.3) is 0 Å². The number of methoxy groups -OCH3 is 1. The Hall–Kier alpha value is -0.440. The average Bonchev–Trinajstić information content (AvgIpc) is 2.22. The molecule has 0 rings (SSSR count). The molecule has 0 fully saturated rings. The Morgan fingerprint density at radius 2 is 2.00 bits per heavy atom. The minimum atomic E-state index is -0.199. The van der Waals surface area contributed by atoms with Crippen LogP contribution >= 0.6 is 11.8 Å². The average molecular weight is 230 g/mol. The van der Waals surface area contributed by atoms with Gasteiger partial charge in [-0.2, -0.15) is 11.8 Å². The number of carbonyl (C=O) groups excluding carboxylic acids is 1. The largest absolute Gasteiger partial charge is 0.466 e. The van der Waals surface area contributed by atoms with Crippen LogP contribution in [0.15, 0.2) is 11.6 Å². The molecule has 1 unspecified atom stereocenters. The van der Waals surface area contributed by atoms with Crippen molar-refractivity contribution in [1.82, 2.24) is 0 Å². The van der Waals surface area contributed by atoms with E-state index in [1.807, 2.05) is 24.8 Å². The first-order valence-electron chi connectivity index (χ1n) is 5.41. The lowest BCUT2D eigenvalue weighted by molar-refractivity contribution is -0.136. The molecule has 0 bridgehead atoms. The van der Waals surface area contributed by atoms with E-state index < -0.39 is 0 Å². The van der Waals surface area contributed by atoms with Crippen LogP contribution in [0, 0.1) is 5.92 Å². The predicted molar refractivity (Wildman–Crippen MR) is 67.1 cm³/mol. The fourth-order valence-electron chi connectivity index (χ4n) is 0.996. The maximum atomic E-state index is 11.3. The van der Waals surface area contributed by atoms with E-state index in [1.165, 1.54) is 7.11 Å². The van der Waals surface area contributed by atoms with Crippen LogP contribution in [0.2, 0.25) is 0 Å². The van der Waals surface area contributed by atoms with Gasteiger partial charge in [-0.25, -0.2) is 4.79 Å². The van der Waals surface area contributed by atoms with E-state index in [1.54, 1.807) is 0 Å². The van der Waals surface area contributed by atoms with Crippen molar-refractivity contribution in [2.75, 3.05) is 12.9 Å². The first-order chi connectivity index (χ1) is 7.02. The normalized spacial score (nSPS) is 14.1. The van der Waals surface area contributed by atoms with Gasteiger partial charge in [-0.05, 0) is 12.3 Å². The van der Waals surface area contributed by atoms with E-state index in [0.717, 1.165) is 17.7 Å². The van der Waals surface area contributed by atoms with Gasteiger partial charge in [0.05, 0.1) is 7.11 Å². The van der Waals surface area contributed by atoms with Crippen molar-refractivity contribution in [2.45, 2.75) is 39.4 Å². The van der Waals surface area contributed by atoms with Gasteiger partial charge in [0, 0.05) is 16.6 Å². The maximum absolute atomic E-state index is 11.3. The minimum absolute atomic E-state index is 0.199. The maximum Gasteiger partial charge on any atom is 0.333 e. The summed E-state index contributed by atoms with van der Waals surface area (Å²) in [5, 5.41) is 0.622. The molecule has 0 aromatic heterocycles. The zero-order chi connectivity index (χ0) is 11.8. The second-order valence-electron chi connectivity index (χ2n) is 3.86. The summed E-state index contributed by atoms with van der Waals surface area (Å²) >= 11 is 1.87. The van der Waals surface area contributed by atoms with Crippen LogP contribution in [0.25, 0.3) is 0 Å². The Morgan fingerprint density at radius 3 is 2.40 bits per heavy atom. The summed E-state index contributed by atoms with van der Waals surface area (Å²) in [7, 11) is 1.43. The molecule has 3 heteroatoms. The molecule has 0 heterocycles. The highest BCUT2D eigenvalue weighted by Gasteiger charge is 2.08. The molecule has 0 aromatic rings. The summed E-state index contributed by atoms with van der Waals surface area (Å²) in [6, 6.07) is 0. The molecule has 0 saturated carbocycles. The molecule has 0 saturated heterocycles. The number of hydrogen-bond acceptors (Lipinski definition) is 3. The summed E-state index contributed by atoms with van der Waals surface area (Å²) in [5.74, 6) is 1.36. The van der Waals surface area contributed by atoms with E-state index in [0.29, 0.717) is 11.2 Å². The Bertz CT molecular complexity index is 222. The lowest BCUT2D eigenvalue weighted by Crippen LogP contribution is -2.07. The summed E-state index contributed by atoms with van der Waals surface area (Å²) in [4.78, 5) is 11.3. The van der Waals surface area contributed by atoms with Crippen molar-refractivity contribution in [3.05, 3.63) is 11.6 Å². The van der Waals surface area contributed by atoms with Gasteiger partial charge < -0.3 is 4.74 Å². The molecule has 0 spiro atoms. The SMILES string of the molecule is CCC(=CCSC(C)C(C)C)C(=O)OC. The highest BCUT2D eigenvalue weighted by Crippen LogP contribution is 2.19. The van der Waals surface area contributed by atoms with Crippen molar-refractivity contribution >= 4 is 17.7 Å². The highest BCUT2D eigenvalue weighted by atomic mass is 32.2. The summed E-state index contributed by atoms with van der Waals surface area (Å²) in [6.07, 6.45) is 2.72. The smallest absolute Gasteiger partial charge is 0.333 e. The van der Waals surface area contributed by atoms with Crippen molar-refractivity contribution < 1.29 is 9.53 Å². The molecule has 0 N–H and O–H groups in total. The van der Waals surface area contributed by atoms with Gasteiger partial charge >= 0.3 is 5.97 Å². The van der Waals surface area contributed by atoms with Crippen molar-refractivity contribution in [2.24, 2.45) is 5.92 Å². The lowest BCUT2D eigenvalue weighted by atomic mass is 10.2. The zero-order valence-corrected chi connectivity index (χ0v) is 11.2. The molecule has 0 aliphatic rings. The van der Waals surface area contributed by atoms with E-state index in [9.17, 15) is 4.79 Å². The van der Waals surface area contributed by atoms with Crippen molar-refractivity contribution in [1.29, 1.82) is 0 Å². The Morgan fingerprint density at radius 1 is 1.40 bits per heavy atom. The third-order valence-corrected chi connectivity index (χ3v) is 3.89. The number of rotatable bonds is 6. The molecular formula is C12H22O2S. The van der Waals surface area contributed by atoms with E-state index in [4.69, 9.17) is 4.74 Å². The van der Waals surface area contributed by atoms with Crippen LogP contribution in [0.3, 0.4) is 0 Å². The highest BCUT2D eigenvalue weighted by molar-refractivity contribution is 8.00. The zero-order valence-electron chi connectivity index (χ0n) is 10.4. The molecule has 0 radical (unpaired) electrons. The number of ether oxygens (including phenoxy) is 1.